The molecule has 0 unspecified atom stereocenters. The predicted molar refractivity (Wildman–Crippen MR) is 85.6 cm³/mol. The molecule has 6 heteroatoms. The van der Waals surface area contributed by atoms with Crippen molar-refractivity contribution in [1.82, 2.24) is 19.8 Å². The average molecular weight is 308 g/mol. The molecule has 0 bridgehead atoms. The molecule has 1 fully saturated rings. The number of amides is 1. The predicted octanol–water partition coefficient (Wildman–Crippen LogP) is 1.74. The van der Waals surface area contributed by atoms with Crippen molar-refractivity contribution in [3.63, 3.8) is 0 Å². The molecule has 0 atom stereocenters. The Morgan fingerprint density at radius 2 is 2.14 bits per heavy atom. The highest BCUT2D eigenvalue weighted by molar-refractivity contribution is 7.98. The van der Waals surface area contributed by atoms with Gasteiger partial charge in [0.15, 0.2) is 0 Å². The third-order valence-corrected chi connectivity index (χ3v) is 5.12. The van der Waals surface area contributed by atoms with E-state index in [9.17, 15) is 4.79 Å². The molecule has 0 aliphatic carbocycles. The van der Waals surface area contributed by atoms with Gasteiger partial charge in [-0.25, -0.2) is 4.98 Å². The quantitative estimate of drug-likeness (QED) is 0.842. The monoisotopic (exact) mass is 308 g/mol. The lowest BCUT2D eigenvalue weighted by molar-refractivity contribution is 0.0946. The first-order valence-electron chi connectivity index (χ1n) is 7.97. The summed E-state index contributed by atoms with van der Waals surface area (Å²) in [6, 6.07) is 0. The average Bonchev–Trinajstić information content (AvgIpc) is 2.96. The van der Waals surface area contributed by atoms with Gasteiger partial charge in [-0.3, -0.25) is 4.79 Å². The van der Waals surface area contributed by atoms with E-state index in [0.717, 1.165) is 43.4 Å². The van der Waals surface area contributed by atoms with E-state index in [1.807, 2.05) is 18.0 Å². The lowest BCUT2D eigenvalue weighted by Gasteiger charge is -2.26. The van der Waals surface area contributed by atoms with Gasteiger partial charge in [-0.2, -0.15) is 11.8 Å². The number of aryl methyl sites for hydroxylation is 1. The first kappa shape index (κ1) is 14.9. The second-order valence-corrected chi connectivity index (χ2v) is 6.91. The van der Waals surface area contributed by atoms with Crippen molar-refractivity contribution in [2.75, 3.05) is 31.9 Å². The first-order valence-corrected chi connectivity index (χ1v) is 9.13. The van der Waals surface area contributed by atoms with Crippen LogP contribution in [0.3, 0.4) is 0 Å². The fourth-order valence-corrected chi connectivity index (χ4v) is 3.86. The zero-order valence-electron chi connectivity index (χ0n) is 12.5. The van der Waals surface area contributed by atoms with Gasteiger partial charge in [-0.05, 0) is 38.9 Å². The molecule has 0 spiro atoms. The Labute approximate surface area is 130 Å². The Morgan fingerprint density at radius 1 is 1.29 bits per heavy atom. The number of hydrogen-bond donors (Lipinski definition) is 1. The third-order valence-electron chi connectivity index (χ3n) is 4.18. The molecule has 3 heterocycles. The van der Waals surface area contributed by atoms with Crippen LogP contribution >= 0.6 is 11.8 Å². The summed E-state index contributed by atoms with van der Waals surface area (Å²) in [6.07, 6.45) is 6.94. The molecular formula is C15H24N4OS. The molecule has 1 saturated heterocycles. The molecule has 116 valence electrons. The van der Waals surface area contributed by atoms with E-state index in [1.165, 1.54) is 32.4 Å². The summed E-state index contributed by atoms with van der Waals surface area (Å²) in [5, 5.41) is 3.00. The minimum Gasteiger partial charge on any atom is -0.351 e. The van der Waals surface area contributed by atoms with Crippen molar-refractivity contribution in [2.45, 2.75) is 38.0 Å². The maximum atomic E-state index is 12.1. The molecule has 21 heavy (non-hydrogen) atoms. The van der Waals surface area contributed by atoms with Gasteiger partial charge < -0.3 is 14.8 Å². The standard InChI is InChI=1S/C15H24N4OS/c20-15(13-11-19-9-10-21-12-14(19)17-13)16-5-4-8-18-6-2-1-3-7-18/h11H,1-10,12H2,(H,16,20). The molecule has 5 nitrogen and oxygen atoms in total. The molecule has 1 aromatic heterocycles. The molecule has 1 amide bonds. The Hall–Kier alpha value is -1.01. The Kier molecular flexibility index (Phi) is 5.19. The number of fused-ring (bicyclic) bond motifs is 1. The topological polar surface area (TPSA) is 50.2 Å². The number of imidazole rings is 1. The van der Waals surface area contributed by atoms with Crippen LogP contribution in [0.15, 0.2) is 6.20 Å². The lowest BCUT2D eigenvalue weighted by atomic mass is 10.1. The summed E-state index contributed by atoms with van der Waals surface area (Å²) in [5.41, 5.74) is 0.575. The van der Waals surface area contributed by atoms with E-state index in [0.29, 0.717) is 5.69 Å². The molecule has 1 N–H and O–H groups in total. The van der Waals surface area contributed by atoms with Crippen LogP contribution in [-0.4, -0.2) is 52.3 Å². The zero-order valence-corrected chi connectivity index (χ0v) is 13.3. The maximum Gasteiger partial charge on any atom is 0.271 e. The number of hydrogen-bond acceptors (Lipinski definition) is 4. The summed E-state index contributed by atoms with van der Waals surface area (Å²) in [4.78, 5) is 19.0. The highest BCUT2D eigenvalue weighted by atomic mass is 32.2. The van der Waals surface area contributed by atoms with Crippen LogP contribution in [0.2, 0.25) is 0 Å². The number of nitrogens with one attached hydrogen (secondary N) is 1. The van der Waals surface area contributed by atoms with Crippen LogP contribution in [-0.2, 0) is 12.3 Å². The molecule has 0 aromatic carbocycles. The fourth-order valence-electron chi connectivity index (χ4n) is 2.98. The Morgan fingerprint density at radius 3 is 2.95 bits per heavy atom. The highest BCUT2D eigenvalue weighted by Crippen LogP contribution is 2.18. The molecule has 2 aliphatic rings. The summed E-state index contributed by atoms with van der Waals surface area (Å²) in [7, 11) is 0. The van der Waals surface area contributed by atoms with Crippen molar-refractivity contribution < 1.29 is 4.79 Å². The maximum absolute atomic E-state index is 12.1. The number of carbonyl (C=O) groups excluding carboxylic acids is 1. The number of carbonyl (C=O) groups is 1. The van der Waals surface area contributed by atoms with Crippen molar-refractivity contribution in [1.29, 1.82) is 0 Å². The third kappa shape index (κ3) is 4.01. The highest BCUT2D eigenvalue weighted by Gasteiger charge is 2.16. The molecule has 1 aromatic rings. The minimum absolute atomic E-state index is 0.0273. The summed E-state index contributed by atoms with van der Waals surface area (Å²) in [6.45, 7) is 5.25. The number of aromatic nitrogens is 2. The number of likely N-dealkylation sites (tertiary alicyclic amines) is 1. The van der Waals surface area contributed by atoms with E-state index in [-0.39, 0.29) is 5.91 Å². The van der Waals surface area contributed by atoms with Gasteiger partial charge in [0.25, 0.3) is 5.91 Å². The van der Waals surface area contributed by atoms with Crippen LogP contribution < -0.4 is 5.32 Å². The number of rotatable bonds is 5. The molecular weight excluding hydrogens is 284 g/mol. The van der Waals surface area contributed by atoms with E-state index in [1.54, 1.807) is 0 Å². The summed E-state index contributed by atoms with van der Waals surface area (Å²) in [5.74, 6) is 3.04. The normalized spacial score (nSPS) is 19.2. The molecule has 0 radical (unpaired) electrons. The van der Waals surface area contributed by atoms with Gasteiger partial charge in [-0.15, -0.1) is 0 Å². The van der Waals surface area contributed by atoms with Crippen LogP contribution in [0, 0.1) is 0 Å². The number of piperidine rings is 1. The van der Waals surface area contributed by atoms with E-state index >= 15 is 0 Å². The van der Waals surface area contributed by atoms with Crippen molar-refractivity contribution in [3.8, 4) is 0 Å². The van der Waals surface area contributed by atoms with Gasteiger partial charge in [-0.1, -0.05) is 6.42 Å². The molecule has 0 saturated carbocycles. The van der Waals surface area contributed by atoms with E-state index in [4.69, 9.17) is 0 Å². The largest absolute Gasteiger partial charge is 0.351 e. The van der Waals surface area contributed by atoms with Gasteiger partial charge in [0.2, 0.25) is 0 Å². The Bertz CT molecular complexity index is 459. The van der Waals surface area contributed by atoms with Crippen molar-refractivity contribution >= 4 is 17.7 Å². The number of nitrogens with zero attached hydrogens (tertiary/aromatic N) is 3. The van der Waals surface area contributed by atoms with Gasteiger partial charge in [0, 0.05) is 25.0 Å². The second-order valence-electron chi connectivity index (χ2n) is 5.80. The van der Waals surface area contributed by atoms with Crippen molar-refractivity contribution in [3.05, 3.63) is 17.7 Å². The minimum atomic E-state index is -0.0273. The van der Waals surface area contributed by atoms with Gasteiger partial charge in [0.05, 0.1) is 5.75 Å². The van der Waals surface area contributed by atoms with Crippen LogP contribution in [0.5, 0.6) is 0 Å². The second kappa shape index (κ2) is 7.31. The molecule has 2 aliphatic heterocycles. The van der Waals surface area contributed by atoms with Crippen LogP contribution in [0.1, 0.15) is 42.0 Å². The fraction of sp³-hybridized carbons (Fsp3) is 0.733. The lowest BCUT2D eigenvalue weighted by Crippen LogP contribution is -2.33. The van der Waals surface area contributed by atoms with Gasteiger partial charge >= 0.3 is 0 Å². The Balaban J connectivity index is 1.40. The smallest absolute Gasteiger partial charge is 0.271 e. The molecule has 3 rings (SSSR count). The summed E-state index contributed by atoms with van der Waals surface area (Å²) < 4.78 is 2.11. The van der Waals surface area contributed by atoms with E-state index in [2.05, 4.69) is 19.8 Å². The first-order chi connectivity index (χ1) is 10.3. The van der Waals surface area contributed by atoms with Gasteiger partial charge in [0.1, 0.15) is 11.5 Å². The zero-order chi connectivity index (χ0) is 14.5. The number of thioether (sulfide) groups is 1. The SMILES string of the molecule is O=C(NCCCN1CCCCC1)c1cn2c(n1)CSCC2. The van der Waals surface area contributed by atoms with Crippen LogP contribution in [0.4, 0.5) is 0 Å². The van der Waals surface area contributed by atoms with Crippen molar-refractivity contribution in [2.24, 2.45) is 0 Å². The summed E-state index contributed by atoms with van der Waals surface area (Å²) >= 11 is 1.88. The van der Waals surface area contributed by atoms with E-state index < -0.39 is 0 Å². The van der Waals surface area contributed by atoms with Crippen LogP contribution in [0.25, 0.3) is 0 Å².